The molecule has 1 aliphatic carbocycles. The minimum Gasteiger partial charge on any atom is -0.479 e. The molecule has 0 radical (unpaired) electrons. The first kappa shape index (κ1) is 15.8. The van der Waals surface area contributed by atoms with Crippen molar-refractivity contribution < 1.29 is 14.6 Å². The van der Waals surface area contributed by atoms with Gasteiger partial charge in [0.25, 0.3) is 5.91 Å². The molecule has 1 atom stereocenters. The molecule has 21 heavy (non-hydrogen) atoms. The lowest BCUT2D eigenvalue weighted by Gasteiger charge is -2.25. The predicted octanol–water partition coefficient (Wildman–Crippen LogP) is 2.10. The number of nitrogens with one attached hydrogen (secondary N) is 1. The molecule has 0 saturated heterocycles. The van der Waals surface area contributed by atoms with Gasteiger partial charge in [-0.2, -0.15) is 0 Å². The van der Waals surface area contributed by atoms with Gasteiger partial charge < -0.3 is 15.2 Å². The number of rotatable bonds is 5. The first-order valence-corrected chi connectivity index (χ1v) is 7.64. The number of ether oxygens (including phenoxy) is 1. The van der Waals surface area contributed by atoms with E-state index in [4.69, 9.17) is 4.74 Å². The average Bonchev–Trinajstić information content (AvgIpc) is 2.49. The maximum Gasteiger partial charge on any atom is 0.260 e. The van der Waals surface area contributed by atoms with Gasteiger partial charge in [-0.05, 0) is 38.8 Å². The van der Waals surface area contributed by atoms with Crippen molar-refractivity contribution in [2.45, 2.75) is 64.7 Å². The first-order chi connectivity index (χ1) is 10.1. The Kier molecular flexibility index (Phi) is 5.56. The van der Waals surface area contributed by atoms with Crippen LogP contribution in [0.3, 0.4) is 0 Å². The van der Waals surface area contributed by atoms with Crippen LogP contribution in [-0.4, -0.2) is 28.1 Å². The van der Waals surface area contributed by atoms with E-state index in [9.17, 15) is 9.90 Å². The highest BCUT2D eigenvalue weighted by Gasteiger charge is 2.21. The van der Waals surface area contributed by atoms with Crippen LogP contribution in [-0.2, 0) is 11.4 Å². The molecule has 0 bridgehead atoms. The van der Waals surface area contributed by atoms with Crippen molar-refractivity contribution >= 4 is 5.91 Å². The summed E-state index contributed by atoms with van der Waals surface area (Å²) < 4.78 is 5.66. The van der Waals surface area contributed by atoms with Gasteiger partial charge in [-0.15, -0.1) is 0 Å². The highest BCUT2D eigenvalue weighted by molar-refractivity contribution is 5.81. The second kappa shape index (κ2) is 7.41. The Morgan fingerprint density at radius 2 is 2.14 bits per heavy atom. The Morgan fingerprint density at radius 1 is 1.43 bits per heavy atom. The van der Waals surface area contributed by atoms with Crippen molar-refractivity contribution in [3.63, 3.8) is 0 Å². The van der Waals surface area contributed by atoms with Crippen LogP contribution in [0.15, 0.2) is 12.1 Å². The van der Waals surface area contributed by atoms with Crippen LogP contribution in [0.25, 0.3) is 0 Å². The van der Waals surface area contributed by atoms with Gasteiger partial charge in [0, 0.05) is 11.7 Å². The number of aromatic nitrogens is 1. The molecule has 1 amide bonds. The second-order valence-electron chi connectivity index (χ2n) is 5.66. The Labute approximate surface area is 125 Å². The molecule has 1 aliphatic rings. The molecule has 5 heteroatoms. The Morgan fingerprint density at radius 3 is 2.81 bits per heavy atom. The third kappa shape index (κ3) is 4.43. The number of aryl methyl sites for hydroxylation is 1. The second-order valence-corrected chi connectivity index (χ2v) is 5.66. The van der Waals surface area contributed by atoms with Gasteiger partial charge in [0.1, 0.15) is 11.4 Å². The van der Waals surface area contributed by atoms with Crippen LogP contribution in [0.5, 0.6) is 5.75 Å². The van der Waals surface area contributed by atoms with Gasteiger partial charge in [-0.25, -0.2) is 0 Å². The summed E-state index contributed by atoms with van der Waals surface area (Å²) in [6.07, 6.45) is 5.11. The van der Waals surface area contributed by atoms with E-state index < -0.39 is 6.10 Å². The van der Waals surface area contributed by atoms with E-state index in [0.717, 1.165) is 18.5 Å². The molecule has 5 nitrogen and oxygen atoms in total. The van der Waals surface area contributed by atoms with Crippen molar-refractivity contribution in [3.8, 4) is 5.75 Å². The number of pyridine rings is 1. The van der Waals surface area contributed by atoms with Crippen LogP contribution in [0.1, 0.15) is 50.4 Å². The number of aliphatic hydroxyl groups is 1. The average molecular weight is 292 g/mol. The fraction of sp³-hybridized carbons (Fsp3) is 0.625. The van der Waals surface area contributed by atoms with Gasteiger partial charge >= 0.3 is 0 Å². The third-order valence-electron chi connectivity index (χ3n) is 3.85. The molecule has 0 aliphatic heterocycles. The number of carbonyl (C=O) groups is 1. The van der Waals surface area contributed by atoms with E-state index in [1.165, 1.54) is 19.3 Å². The normalized spacial score (nSPS) is 17.3. The molecule has 1 fully saturated rings. The molecular weight excluding hydrogens is 268 g/mol. The first-order valence-electron chi connectivity index (χ1n) is 7.64. The molecular formula is C16H24N2O3. The minimum absolute atomic E-state index is 0.105. The molecule has 1 aromatic rings. The Bertz CT molecular complexity index is 484. The molecule has 1 aromatic heterocycles. The molecule has 2 N–H and O–H groups in total. The summed E-state index contributed by atoms with van der Waals surface area (Å²) >= 11 is 0. The molecule has 0 aromatic carbocycles. The zero-order chi connectivity index (χ0) is 15.2. The zero-order valence-electron chi connectivity index (χ0n) is 12.8. The SMILES string of the molecule is Cc1ccc(OC(C)C(=O)NC2CCCCC2)c(CO)n1. The van der Waals surface area contributed by atoms with E-state index in [0.29, 0.717) is 11.4 Å². The summed E-state index contributed by atoms with van der Waals surface area (Å²) in [6, 6.07) is 3.82. The van der Waals surface area contributed by atoms with E-state index >= 15 is 0 Å². The number of aliphatic hydroxyl groups excluding tert-OH is 1. The standard InChI is InChI=1S/C16H24N2O3/c1-11-8-9-15(14(10-19)17-11)21-12(2)16(20)18-13-6-4-3-5-7-13/h8-9,12-13,19H,3-7,10H2,1-2H3,(H,18,20). The summed E-state index contributed by atoms with van der Waals surface area (Å²) in [5.74, 6) is 0.362. The van der Waals surface area contributed by atoms with Crippen molar-refractivity contribution in [2.75, 3.05) is 0 Å². The number of hydrogen-bond acceptors (Lipinski definition) is 4. The maximum absolute atomic E-state index is 12.2. The van der Waals surface area contributed by atoms with Crippen LogP contribution in [0.2, 0.25) is 0 Å². The molecule has 116 valence electrons. The van der Waals surface area contributed by atoms with E-state index in [1.54, 1.807) is 19.1 Å². The topological polar surface area (TPSA) is 71.5 Å². The summed E-state index contributed by atoms with van der Waals surface area (Å²) in [6.45, 7) is 3.37. The molecule has 0 spiro atoms. The van der Waals surface area contributed by atoms with Crippen LogP contribution < -0.4 is 10.1 Å². The van der Waals surface area contributed by atoms with E-state index in [1.807, 2.05) is 6.92 Å². The Balaban J connectivity index is 1.93. The third-order valence-corrected chi connectivity index (χ3v) is 3.85. The summed E-state index contributed by atoms with van der Waals surface area (Å²) in [5, 5.41) is 12.4. The lowest BCUT2D eigenvalue weighted by molar-refractivity contribution is -0.128. The van der Waals surface area contributed by atoms with E-state index in [2.05, 4.69) is 10.3 Å². The van der Waals surface area contributed by atoms with Gasteiger partial charge in [-0.1, -0.05) is 19.3 Å². The molecule has 1 saturated carbocycles. The maximum atomic E-state index is 12.2. The van der Waals surface area contributed by atoms with Crippen molar-refractivity contribution in [3.05, 3.63) is 23.5 Å². The van der Waals surface area contributed by atoms with Crippen molar-refractivity contribution in [2.24, 2.45) is 0 Å². The van der Waals surface area contributed by atoms with Crippen LogP contribution >= 0.6 is 0 Å². The summed E-state index contributed by atoms with van der Waals surface area (Å²) in [4.78, 5) is 16.4. The zero-order valence-corrected chi connectivity index (χ0v) is 12.8. The number of amides is 1. The number of carbonyl (C=O) groups excluding carboxylic acids is 1. The number of nitrogens with zero attached hydrogens (tertiary/aromatic N) is 1. The fourth-order valence-electron chi connectivity index (χ4n) is 2.63. The summed E-state index contributed by atoms with van der Waals surface area (Å²) in [7, 11) is 0. The van der Waals surface area contributed by atoms with Gasteiger partial charge in [-0.3, -0.25) is 9.78 Å². The molecule has 2 rings (SSSR count). The molecule has 1 unspecified atom stereocenters. The summed E-state index contributed by atoms with van der Waals surface area (Å²) in [5.41, 5.74) is 1.28. The molecule has 1 heterocycles. The highest BCUT2D eigenvalue weighted by atomic mass is 16.5. The van der Waals surface area contributed by atoms with Crippen molar-refractivity contribution in [1.29, 1.82) is 0 Å². The Hall–Kier alpha value is -1.62. The lowest BCUT2D eigenvalue weighted by Crippen LogP contribution is -2.43. The number of hydrogen-bond donors (Lipinski definition) is 2. The van der Waals surface area contributed by atoms with Crippen LogP contribution in [0.4, 0.5) is 0 Å². The lowest BCUT2D eigenvalue weighted by atomic mass is 9.95. The highest BCUT2D eigenvalue weighted by Crippen LogP contribution is 2.20. The van der Waals surface area contributed by atoms with Gasteiger partial charge in [0.15, 0.2) is 6.10 Å². The monoisotopic (exact) mass is 292 g/mol. The van der Waals surface area contributed by atoms with Gasteiger partial charge in [0.2, 0.25) is 0 Å². The largest absolute Gasteiger partial charge is 0.479 e. The quantitative estimate of drug-likeness (QED) is 0.872. The minimum atomic E-state index is -0.596. The smallest absolute Gasteiger partial charge is 0.260 e. The predicted molar refractivity (Wildman–Crippen MR) is 80.0 cm³/mol. The van der Waals surface area contributed by atoms with Crippen molar-refractivity contribution in [1.82, 2.24) is 10.3 Å². The van der Waals surface area contributed by atoms with Crippen LogP contribution in [0, 0.1) is 6.92 Å². The fourth-order valence-corrected chi connectivity index (χ4v) is 2.63. The van der Waals surface area contributed by atoms with Gasteiger partial charge in [0.05, 0.1) is 6.61 Å². The van der Waals surface area contributed by atoms with E-state index in [-0.39, 0.29) is 18.6 Å².